The van der Waals surface area contributed by atoms with Gasteiger partial charge in [-0.15, -0.1) is 0 Å². The molecule has 40 heavy (non-hydrogen) atoms. The van der Waals surface area contributed by atoms with Crippen LogP contribution in [0.3, 0.4) is 0 Å². The number of primary amides is 1. The van der Waals surface area contributed by atoms with Gasteiger partial charge < -0.3 is 15.8 Å². The predicted octanol–water partition coefficient (Wildman–Crippen LogP) is 6.21. The van der Waals surface area contributed by atoms with Crippen LogP contribution in [0.4, 0.5) is 19.3 Å². The highest BCUT2D eigenvalue weighted by molar-refractivity contribution is 5.88. The highest BCUT2D eigenvalue weighted by Gasteiger charge is 2.28. The molecule has 0 atom stereocenters. The third-order valence-electron chi connectivity index (χ3n) is 6.93. The van der Waals surface area contributed by atoms with Crippen molar-refractivity contribution in [3.05, 3.63) is 94.7 Å². The number of nitrogens with two attached hydrogens (primary N) is 1. The summed E-state index contributed by atoms with van der Waals surface area (Å²) in [4.78, 5) is 13.5. The summed E-state index contributed by atoms with van der Waals surface area (Å²) < 4.78 is 36.2. The molecule has 0 fully saturated rings. The monoisotopic (exact) mass is 545 g/mol. The predicted molar refractivity (Wildman–Crippen MR) is 151 cm³/mol. The molecule has 0 aliphatic carbocycles. The first-order valence-corrected chi connectivity index (χ1v) is 13.4. The molecule has 0 spiro atoms. The minimum atomic E-state index is -0.634. The Kier molecular flexibility index (Phi) is 7.84. The number of nitrogens with zero attached hydrogens (tertiary/aromatic N) is 3. The zero-order chi connectivity index (χ0) is 28.4. The normalized spacial score (nSPS) is 13.3. The zero-order valence-electron chi connectivity index (χ0n) is 22.9. The quantitative estimate of drug-likeness (QED) is 0.276. The number of hydrogen-bond acceptors (Lipinski definition) is 4. The Morgan fingerprint density at radius 3 is 2.60 bits per heavy atom. The van der Waals surface area contributed by atoms with Crippen LogP contribution in [-0.2, 0) is 19.5 Å². The number of urea groups is 1. The van der Waals surface area contributed by atoms with Gasteiger partial charge in [-0.25, -0.2) is 18.3 Å². The SMILES string of the molecule is Cc1cccc(OCC(C)C)c1-n1nc2c(c1-c1ccc(NC(N)=O)cc1)CN(Cc1ccc(F)cc1F)CC2. The number of anilines is 1. The van der Waals surface area contributed by atoms with Crippen LogP contribution >= 0.6 is 0 Å². The van der Waals surface area contributed by atoms with Crippen molar-refractivity contribution in [2.24, 2.45) is 11.7 Å². The average molecular weight is 546 g/mol. The van der Waals surface area contributed by atoms with E-state index in [1.807, 2.05) is 41.9 Å². The molecule has 9 heteroatoms. The number of carbonyl (C=O) groups is 1. The summed E-state index contributed by atoms with van der Waals surface area (Å²) >= 11 is 0. The van der Waals surface area contributed by atoms with E-state index >= 15 is 0 Å². The molecule has 3 aromatic carbocycles. The summed E-state index contributed by atoms with van der Waals surface area (Å²) in [6.45, 7) is 8.39. The highest BCUT2D eigenvalue weighted by atomic mass is 19.1. The molecule has 0 unspecified atom stereocenters. The van der Waals surface area contributed by atoms with Gasteiger partial charge in [-0.1, -0.05) is 44.2 Å². The number of amides is 2. The third kappa shape index (κ3) is 5.84. The molecule has 3 N–H and O–H groups in total. The Morgan fingerprint density at radius 1 is 1.12 bits per heavy atom. The molecular weight excluding hydrogens is 512 g/mol. The maximum Gasteiger partial charge on any atom is 0.316 e. The van der Waals surface area contributed by atoms with Gasteiger partial charge in [0, 0.05) is 54.5 Å². The van der Waals surface area contributed by atoms with Crippen molar-refractivity contribution in [3.63, 3.8) is 0 Å². The maximum atomic E-state index is 14.5. The molecule has 2 heterocycles. The van der Waals surface area contributed by atoms with Gasteiger partial charge >= 0.3 is 6.03 Å². The first-order chi connectivity index (χ1) is 19.2. The second-order valence-corrected chi connectivity index (χ2v) is 10.6. The van der Waals surface area contributed by atoms with E-state index in [4.69, 9.17) is 15.6 Å². The molecular formula is C31H33F2N5O2. The van der Waals surface area contributed by atoms with Crippen molar-refractivity contribution in [1.29, 1.82) is 0 Å². The largest absolute Gasteiger partial charge is 0.491 e. The smallest absolute Gasteiger partial charge is 0.316 e. The lowest BCUT2D eigenvalue weighted by Crippen LogP contribution is -2.30. The van der Waals surface area contributed by atoms with Crippen molar-refractivity contribution >= 4 is 11.7 Å². The topological polar surface area (TPSA) is 85.4 Å². The molecule has 2 amide bonds. The Hall–Kier alpha value is -4.24. The first kappa shape index (κ1) is 27.3. The van der Waals surface area contributed by atoms with Crippen molar-refractivity contribution < 1.29 is 18.3 Å². The molecule has 1 aliphatic heterocycles. The fourth-order valence-corrected chi connectivity index (χ4v) is 5.04. The lowest BCUT2D eigenvalue weighted by Gasteiger charge is -2.27. The van der Waals surface area contributed by atoms with Crippen molar-refractivity contribution in [2.75, 3.05) is 18.5 Å². The number of ether oxygens (including phenoxy) is 1. The number of nitrogens with one attached hydrogen (secondary N) is 1. The standard InChI is InChI=1S/C31H33F2N5O2/c1-19(2)18-40-28-6-4-5-20(3)29(28)38-30(21-8-11-24(12-9-21)35-31(34)39)25-17-37(14-13-27(25)36-38)16-22-7-10-23(32)15-26(22)33/h4-12,15,19H,13-14,16-18H2,1-3H3,(H3,34,35,39). The summed E-state index contributed by atoms with van der Waals surface area (Å²) in [5, 5.41) is 7.68. The number of fused-ring (bicyclic) bond motifs is 1. The number of halogens is 2. The fraction of sp³-hybridized carbons (Fsp3) is 0.290. The minimum absolute atomic E-state index is 0.351. The Balaban J connectivity index is 1.59. The van der Waals surface area contributed by atoms with Crippen molar-refractivity contribution in [3.8, 4) is 22.7 Å². The summed E-state index contributed by atoms with van der Waals surface area (Å²) in [5.41, 5.74) is 12.0. The average Bonchev–Trinajstić information content (AvgIpc) is 3.27. The molecule has 7 nitrogen and oxygen atoms in total. The molecule has 1 aromatic heterocycles. The Labute approximate surface area is 232 Å². The van der Waals surface area contributed by atoms with Crippen LogP contribution < -0.4 is 15.8 Å². The molecule has 0 saturated carbocycles. The van der Waals surface area contributed by atoms with Crippen LogP contribution in [-0.4, -0.2) is 33.9 Å². The molecule has 1 aliphatic rings. The van der Waals surface area contributed by atoms with Crippen molar-refractivity contribution in [1.82, 2.24) is 14.7 Å². The van der Waals surface area contributed by atoms with Gasteiger partial charge in [0.1, 0.15) is 23.1 Å². The van der Waals surface area contributed by atoms with Crippen LogP contribution in [0, 0.1) is 24.5 Å². The molecule has 0 bridgehead atoms. The van der Waals surface area contributed by atoms with Gasteiger partial charge in [0.2, 0.25) is 0 Å². The van der Waals surface area contributed by atoms with Gasteiger partial charge in [-0.3, -0.25) is 4.90 Å². The van der Waals surface area contributed by atoms with Crippen molar-refractivity contribution in [2.45, 2.75) is 40.3 Å². The second kappa shape index (κ2) is 11.5. The van der Waals surface area contributed by atoms with E-state index in [9.17, 15) is 13.6 Å². The van der Waals surface area contributed by atoms with Crippen LogP contribution in [0.25, 0.3) is 16.9 Å². The van der Waals surface area contributed by atoms with E-state index in [2.05, 4.69) is 24.1 Å². The number of benzene rings is 3. The van der Waals surface area contributed by atoms with E-state index in [0.29, 0.717) is 49.8 Å². The van der Waals surface area contributed by atoms with Gasteiger partial charge in [-0.05, 0) is 42.7 Å². The van der Waals surface area contributed by atoms with Gasteiger partial charge in [-0.2, -0.15) is 5.10 Å². The lowest BCUT2D eigenvalue weighted by molar-refractivity contribution is 0.241. The summed E-state index contributed by atoms with van der Waals surface area (Å²) in [6.07, 6.45) is 0.674. The van der Waals surface area contributed by atoms with E-state index in [-0.39, 0.29) is 0 Å². The van der Waals surface area contributed by atoms with Gasteiger partial charge in [0.05, 0.1) is 18.0 Å². The third-order valence-corrected chi connectivity index (χ3v) is 6.93. The van der Waals surface area contributed by atoms with E-state index in [1.165, 1.54) is 12.1 Å². The minimum Gasteiger partial charge on any atom is -0.491 e. The lowest BCUT2D eigenvalue weighted by atomic mass is 9.99. The van der Waals surface area contributed by atoms with Gasteiger partial charge in [0.15, 0.2) is 0 Å². The van der Waals surface area contributed by atoms with Crippen LogP contribution in [0.15, 0.2) is 60.7 Å². The maximum absolute atomic E-state index is 14.5. The first-order valence-electron chi connectivity index (χ1n) is 13.4. The molecule has 0 radical (unpaired) electrons. The Bertz CT molecular complexity index is 1530. The number of para-hydroxylation sites is 1. The van der Waals surface area contributed by atoms with E-state index in [0.717, 1.165) is 45.6 Å². The number of rotatable bonds is 8. The summed E-state index contributed by atoms with van der Waals surface area (Å²) in [5.74, 6) is -0.0451. The number of aryl methyl sites for hydroxylation is 1. The van der Waals surface area contributed by atoms with Crippen LogP contribution in [0.5, 0.6) is 5.75 Å². The van der Waals surface area contributed by atoms with Crippen LogP contribution in [0.1, 0.15) is 36.2 Å². The summed E-state index contributed by atoms with van der Waals surface area (Å²) in [7, 11) is 0. The molecule has 0 saturated heterocycles. The number of hydrogen-bond donors (Lipinski definition) is 2. The second-order valence-electron chi connectivity index (χ2n) is 10.6. The Morgan fingerprint density at radius 2 is 1.90 bits per heavy atom. The highest BCUT2D eigenvalue weighted by Crippen LogP contribution is 2.37. The van der Waals surface area contributed by atoms with Crippen LogP contribution in [0.2, 0.25) is 0 Å². The molecule has 5 rings (SSSR count). The molecule has 208 valence electrons. The summed E-state index contributed by atoms with van der Waals surface area (Å²) in [6, 6.07) is 16.5. The number of carbonyl (C=O) groups excluding carboxylic acids is 1. The fourth-order valence-electron chi connectivity index (χ4n) is 5.04. The zero-order valence-corrected chi connectivity index (χ0v) is 22.9. The van der Waals surface area contributed by atoms with E-state index in [1.54, 1.807) is 12.1 Å². The van der Waals surface area contributed by atoms with Gasteiger partial charge in [0.25, 0.3) is 0 Å². The number of aromatic nitrogens is 2. The molecule has 4 aromatic rings. The van der Waals surface area contributed by atoms with E-state index < -0.39 is 17.7 Å².